The summed E-state index contributed by atoms with van der Waals surface area (Å²) in [5.74, 6) is -0.187. The molecule has 0 radical (unpaired) electrons. The summed E-state index contributed by atoms with van der Waals surface area (Å²) in [5.41, 5.74) is 1.76. The molecule has 0 spiro atoms. The molecule has 5 heteroatoms. The number of amides is 2. The minimum Gasteiger partial charge on any atom is -0.339 e. The predicted octanol–water partition coefficient (Wildman–Crippen LogP) is 5.07. The maximum absolute atomic E-state index is 12.9. The van der Waals surface area contributed by atoms with Crippen LogP contribution in [0, 0.1) is 0 Å². The van der Waals surface area contributed by atoms with Crippen molar-refractivity contribution in [2.24, 2.45) is 0 Å². The summed E-state index contributed by atoms with van der Waals surface area (Å²) < 4.78 is 0. The van der Waals surface area contributed by atoms with Crippen LogP contribution in [0.2, 0.25) is 0 Å². The van der Waals surface area contributed by atoms with Gasteiger partial charge in [0.1, 0.15) is 0 Å². The summed E-state index contributed by atoms with van der Waals surface area (Å²) in [6, 6.07) is 14.9. The van der Waals surface area contributed by atoms with Crippen LogP contribution >= 0.6 is 11.8 Å². The normalized spacial score (nSPS) is 14.3. The van der Waals surface area contributed by atoms with Gasteiger partial charge in [-0.15, -0.1) is 11.8 Å². The highest BCUT2D eigenvalue weighted by molar-refractivity contribution is 8.00. The van der Waals surface area contributed by atoms with E-state index >= 15 is 0 Å². The molecule has 0 aromatic heterocycles. The molecule has 1 saturated heterocycles. The van der Waals surface area contributed by atoms with Crippen LogP contribution in [0.25, 0.3) is 0 Å². The summed E-state index contributed by atoms with van der Waals surface area (Å²) in [6.07, 6.45) is 3.26. The Hall–Kier alpha value is -2.27. The SMILES string of the molecule is CC(C)Sc1ccccc1C(=O)Nc1ccccc1C(=O)N1CCCCC1. The molecule has 1 aliphatic rings. The van der Waals surface area contributed by atoms with Crippen LogP contribution in [0.15, 0.2) is 53.4 Å². The minimum atomic E-state index is -0.183. The molecule has 1 heterocycles. The van der Waals surface area contributed by atoms with Crippen LogP contribution in [-0.2, 0) is 0 Å². The predicted molar refractivity (Wildman–Crippen MR) is 112 cm³/mol. The van der Waals surface area contributed by atoms with Gasteiger partial charge in [0.2, 0.25) is 0 Å². The monoisotopic (exact) mass is 382 g/mol. The maximum atomic E-state index is 12.9. The van der Waals surface area contributed by atoms with Gasteiger partial charge < -0.3 is 10.2 Å². The van der Waals surface area contributed by atoms with E-state index in [1.54, 1.807) is 23.9 Å². The summed E-state index contributed by atoms with van der Waals surface area (Å²) in [5, 5.41) is 3.34. The highest BCUT2D eigenvalue weighted by Crippen LogP contribution is 2.28. The van der Waals surface area contributed by atoms with Gasteiger partial charge in [-0.25, -0.2) is 0 Å². The zero-order valence-electron chi connectivity index (χ0n) is 15.9. The molecule has 0 bridgehead atoms. The van der Waals surface area contributed by atoms with E-state index in [9.17, 15) is 9.59 Å². The Labute approximate surface area is 165 Å². The number of likely N-dealkylation sites (tertiary alicyclic amines) is 1. The molecule has 27 heavy (non-hydrogen) atoms. The quantitative estimate of drug-likeness (QED) is 0.735. The van der Waals surface area contributed by atoms with Gasteiger partial charge in [-0.05, 0) is 43.5 Å². The molecule has 3 rings (SSSR count). The molecule has 2 aromatic carbocycles. The third-order valence-electron chi connectivity index (χ3n) is 4.54. The Morgan fingerprint density at radius 3 is 2.26 bits per heavy atom. The number of anilines is 1. The van der Waals surface area contributed by atoms with E-state index in [0.29, 0.717) is 22.1 Å². The fraction of sp³-hybridized carbons (Fsp3) is 0.364. The number of thioether (sulfide) groups is 1. The largest absolute Gasteiger partial charge is 0.339 e. The van der Waals surface area contributed by atoms with Crippen molar-refractivity contribution in [3.8, 4) is 0 Å². The fourth-order valence-electron chi connectivity index (χ4n) is 3.25. The molecular formula is C22H26N2O2S. The van der Waals surface area contributed by atoms with Gasteiger partial charge in [0.05, 0.1) is 16.8 Å². The van der Waals surface area contributed by atoms with Crippen LogP contribution in [0.4, 0.5) is 5.69 Å². The molecule has 1 aliphatic heterocycles. The van der Waals surface area contributed by atoms with Gasteiger partial charge >= 0.3 is 0 Å². The zero-order chi connectivity index (χ0) is 19.2. The summed E-state index contributed by atoms with van der Waals surface area (Å²) >= 11 is 1.66. The summed E-state index contributed by atoms with van der Waals surface area (Å²) in [4.78, 5) is 28.7. The lowest BCUT2D eigenvalue weighted by Gasteiger charge is -2.27. The number of nitrogens with one attached hydrogen (secondary N) is 1. The van der Waals surface area contributed by atoms with E-state index in [0.717, 1.165) is 30.8 Å². The van der Waals surface area contributed by atoms with Crippen LogP contribution < -0.4 is 5.32 Å². The van der Waals surface area contributed by atoms with Gasteiger partial charge in [0.25, 0.3) is 11.8 Å². The van der Waals surface area contributed by atoms with Gasteiger partial charge in [0, 0.05) is 23.2 Å². The first kappa shape index (κ1) is 19.5. The smallest absolute Gasteiger partial charge is 0.256 e. The van der Waals surface area contributed by atoms with Crippen molar-refractivity contribution in [2.45, 2.75) is 43.3 Å². The van der Waals surface area contributed by atoms with Crippen LogP contribution in [0.5, 0.6) is 0 Å². The molecule has 1 fully saturated rings. The highest BCUT2D eigenvalue weighted by atomic mass is 32.2. The highest BCUT2D eigenvalue weighted by Gasteiger charge is 2.22. The fourth-order valence-corrected chi connectivity index (χ4v) is 4.20. The number of carbonyl (C=O) groups excluding carboxylic acids is 2. The van der Waals surface area contributed by atoms with Crippen molar-refractivity contribution in [3.05, 3.63) is 59.7 Å². The molecule has 142 valence electrons. The van der Waals surface area contributed by atoms with Crippen LogP contribution in [0.1, 0.15) is 53.8 Å². The minimum absolute atomic E-state index is 0.00422. The van der Waals surface area contributed by atoms with Crippen molar-refractivity contribution in [1.29, 1.82) is 0 Å². The third-order valence-corrected chi connectivity index (χ3v) is 5.62. The van der Waals surface area contributed by atoms with Gasteiger partial charge in [-0.3, -0.25) is 9.59 Å². The van der Waals surface area contributed by atoms with E-state index in [1.165, 1.54) is 6.42 Å². The Morgan fingerprint density at radius 1 is 0.926 bits per heavy atom. The molecule has 0 saturated carbocycles. The van der Waals surface area contributed by atoms with Gasteiger partial charge in [-0.2, -0.15) is 0 Å². The first-order valence-corrected chi connectivity index (χ1v) is 10.4. The zero-order valence-corrected chi connectivity index (χ0v) is 16.7. The van der Waals surface area contributed by atoms with Crippen molar-refractivity contribution >= 4 is 29.3 Å². The Kier molecular flexibility index (Phi) is 6.56. The van der Waals surface area contributed by atoms with Crippen LogP contribution in [-0.4, -0.2) is 35.1 Å². The number of hydrogen-bond donors (Lipinski definition) is 1. The molecule has 0 unspecified atom stereocenters. The molecule has 1 N–H and O–H groups in total. The molecule has 2 amide bonds. The molecule has 0 aliphatic carbocycles. The number of rotatable bonds is 5. The number of carbonyl (C=O) groups is 2. The van der Waals surface area contributed by atoms with Crippen molar-refractivity contribution in [2.75, 3.05) is 18.4 Å². The second-order valence-corrected chi connectivity index (χ2v) is 8.63. The Bertz CT molecular complexity index is 813. The number of piperidine rings is 1. The molecule has 4 nitrogen and oxygen atoms in total. The van der Waals surface area contributed by atoms with E-state index in [-0.39, 0.29) is 11.8 Å². The summed E-state index contributed by atoms with van der Waals surface area (Å²) in [7, 11) is 0. The van der Waals surface area contributed by atoms with Crippen molar-refractivity contribution in [3.63, 3.8) is 0 Å². The molecular weight excluding hydrogens is 356 g/mol. The first-order chi connectivity index (χ1) is 13.1. The number of benzene rings is 2. The van der Waals surface area contributed by atoms with Crippen molar-refractivity contribution in [1.82, 2.24) is 4.90 Å². The van der Waals surface area contributed by atoms with Crippen molar-refractivity contribution < 1.29 is 9.59 Å². The lowest BCUT2D eigenvalue weighted by Crippen LogP contribution is -2.36. The lowest BCUT2D eigenvalue weighted by atomic mass is 10.1. The van der Waals surface area contributed by atoms with Crippen LogP contribution in [0.3, 0.4) is 0 Å². The summed E-state index contributed by atoms with van der Waals surface area (Å²) in [6.45, 7) is 5.78. The number of para-hydroxylation sites is 1. The standard InChI is InChI=1S/C22H26N2O2S/c1-16(2)27-20-13-7-5-11-18(20)21(25)23-19-12-6-4-10-17(19)22(26)24-14-8-3-9-15-24/h4-7,10-13,16H,3,8-9,14-15H2,1-2H3,(H,23,25). The van der Waals surface area contributed by atoms with Gasteiger partial charge in [0.15, 0.2) is 0 Å². The topological polar surface area (TPSA) is 49.4 Å². The van der Waals surface area contributed by atoms with Gasteiger partial charge in [-0.1, -0.05) is 38.1 Å². The van der Waals surface area contributed by atoms with E-state index < -0.39 is 0 Å². The Balaban J connectivity index is 1.82. The van der Waals surface area contributed by atoms with E-state index in [1.807, 2.05) is 41.3 Å². The molecule has 0 atom stereocenters. The second kappa shape index (κ2) is 9.09. The third kappa shape index (κ3) is 4.92. The first-order valence-electron chi connectivity index (χ1n) is 9.51. The van der Waals surface area contributed by atoms with E-state index in [2.05, 4.69) is 19.2 Å². The average molecular weight is 383 g/mol. The number of nitrogens with zero attached hydrogens (tertiary/aromatic N) is 1. The molecule has 2 aromatic rings. The average Bonchev–Trinajstić information content (AvgIpc) is 2.68. The maximum Gasteiger partial charge on any atom is 0.256 e. The van der Waals surface area contributed by atoms with E-state index in [4.69, 9.17) is 0 Å². The Morgan fingerprint density at radius 2 is 1.56 bits per heavy atom. The number of hydrogen-bond acceptors (Lipinski definition) is 3. The second-order valence-electron chi connectivity index (χ2n) is 7.02. The lowest BCUT2D eigenvalue weighted by molar-refractivity contribution is 0.0725.